The molecule has 1 saturated heterocycles. The number of halogens is 1. The van der Waals surface area contributed by atoms with Crippen LogP contribution in [0.4, 0.5) is 16.2 Å². The van der Waals surface area contributed by atoms with Crippen LogP contribution in [0.5, 0.6) is 0 Å². The Morgan fingerprint density at radius 1 is 1.03 bits per heavy atom. The van der Waals surface area contributed by atoms with E-state index < -0.39 is 0 Å². The van der Waals surface area contributed by atoms with Crippen molar-refractivity contribution in [3.63, 3.8) is 0 Å². The average molecular weight is 428 g/mol. The molecule has 1 aliphatic heterocycles. The number of amides is 3. The van der Waals surface area contributed by atoms with Crippen LogP contribution in [0.25, 0.3) is 0 Å². The van der Waals surface area contributed by atoms with Crippen molar-refractivity contribution >= 4 is 46.3 Å². The van der Waals surface area contributed by atoms with Gasteiger partial charge in [-0.15, -0.1) is 10.2 Å². The molecule has 0 spiro atoms. The largest absolute Gasteiger partial charge is 0.322 e. The smallest absolute Gasteiger partial charge is 0.320 e. The quantitative estimate of drug-likeness (QED) is 0.625. The highest BCUT2D eigenvalue weighted by atomic mass is 35.5. The number of nitrogens with one attached hydrogen (secondary N) is 2. The minimum absolute atomic E-state index is 0.182. The first-order valence-electron chi connectivity index (χ1n) is 9.13. The molecule has 1 atom stereocenters. The van der Waals surface area contributed by atoms with Crippen molar-refractivity contribution in [2.45, 2.75) is 18.9 Å². The summed E-state index contributed by atoms with van der Waals surface area (Å²) in [6.45, 7) is 0.632. The number of hydrogen-bond acceptors (Lipinski definition) is 5. The van der Waals surface area contributed by atoms with E-state index in [1.165, 1.54) is 11.3 Å². The molecule has 1 aliphatic rings. The van der Waals surface area contributed by atoms with Gasteiger partial charge < -0.3 is 15.5 Å². The van der Waals surface area contributed by atoms with E-state index in [0.717, 1.165) is 18.5 Å². The monoisotopic (exact) mass is 427 g/mol. The molecule has 0 unspecified atom stereocenters. The number of carbonyl (C=O) groups excluding carboxylic acids is 2. The third kappa shape index (κ3) is 4.55. The van der Waals surface area contributed by atoms with E-state index in [0.29, 0.717) is 22.3 Å². The van der Waals surface area contributed by atoms with Crippen LogP contribution in [0.2, 0.25) is 5.02 Å². The summed E-state index contributed by atoms with van der Waals surface area (Å²) in [5, 5.41) is 15.3. The molecular formula is C20H18ClN5O2S. The molecule has 9 heteroatoms. The van der Waals surface area contributed by atoms with Crippen LogP contribution in [-0.4, -0.2) is 33.6 Å². The highest BCUT2D eigenvalue weighted by Crippen LogP contribution is 2.34. The molecule has 2 heterocycles. The Kier molecular flexibility index (Phi) is 5.73. The van der Waals surface area contributed by atoms with Gasteiger partial charge in [0.1, 0.15) is 5.01 Å². The first kappa shape index (κ1) is 19.4. The Morgan fingerprint density at radius 3 is 2.62 bits per heavy atom. The molecule has 2 aromatic carbocycles. The number of para-hydroxylation sites is 1. The first-order chi connectivity index (χ1) is 14.1. The van der Waals surface area contributed by atoms with E-state index in [4.69, 9.17) is 11.6 Å². The lowest BCUT2D eigenvalue weighted by atomic mass is 10.2. The minimum Gasteiger partial charge on any atom is -0.320 e. The third-order valence-electron chi connectivity index (χ3n) is 4.54. The van der Waals surface area contributed by atoms with Crippen molar-refractivity contribution < 1.29 is 9.59 Å². The molecule has 4 rings (SSSR count). The zero-order valence-corrected chi connectivity index (χ0v) is 16.9. The maximum Gasteiger partial charge on any atom is 0.322 e. The molecule has 29 heavy (non-hydrogen) atoms. The summed E-state index contributed by atoms with van der Waals surface area (Å²) in [5.41, 5.74) is 1.32. The number of likely N-dealkylation sites (tertiary alicyclic amines) is 1. The number of hydrogen-bond donors (Lipinski definition) is 2. The van der Waals surface area contributed by atoms with Crippen molar-refractivity contribution in [3.8, 4) is 0 Å². The fourth-order valence-electron chi connectivity index (χ4n) is 3.20. The van der Waals surface area contributed by atoms with Gasteiger partial charge in [-0.2, -0.15) is 0 Å². The second kappa shape index (κ2) is 8.59. The lowest BCUT2D eigenvalue weighted by Gasteiger charge is -2.23. The van der Waals surface area contributed by atoms with E-state index >= 15 is 0 Å². The maximum absolute atomic E-state index is 12.7. The van der Waals surface area contributed by atoms with Crippen LogP contribution in [0, 0.1) is 0 Å². The normalized spacial score (nSPS) is 15.9. The fraction of sp³-hybridized carbons (Fsp3) is 0.200. The number of benzene rings is 2. The van der Waals surface area contributed by atoms with Crippen LogP contribution in [-0.2, 0) is 0 Å². The van der Waals surface area contributed by atoms with Gasteiger partial charge in [0, 0.05) is 22.9 Å². The van der Waals surface area contributed by atoms with Gasteiger partial charge in [-0.05, 0) is 43.2 Å². The van der Waals surface area contributed by atoms with Crippen molar-refractivity contribution in [1.82, 2.24) is 15.1 Å². The molecule has 7 nitrogen and oxygen atoms in total. The Bertz CT molecular complexity index is 1030. The predicted octanol–water partition coefficient (Wildman–Crippen LogP) is 4.81. The van der Waals surface area contributed by atoms with Crippen molar-refractivity contribution in [3.05, 3.63) is 69.6 Å². The molecular weight excluding hydrogens is 410 g/mol. The number of rotatable bonds is 4. The van der Waals surface area contributed by atoms with E-state index in [1.54, 1.807) is 29.2 Å². The molecule has 2 N–H and O–H groups in total. The maximum atomic E-state index is 12.7. The highest BCUT2D eigenvalue weighted by Gasteiger charge is 2.33. The molecule has 3 aromatic rings. The van der Waals surface area contributed by atoms with Crippen LogP contribution >= 0.6 is 22.9 Å². The van der Waals surface area contributed by atoms with E-state index in [1.807, 2.05) is 30.3 Å². The summed E-state index contributed by atoms with van der Waals surface area (Å²) in [5.74, 6) is -0.352. The van der Waals surface area contributed by atoms with E-state index in [2.05, 4.69) is 20.8 Å². The number of nitrogens with zero attached hydrogens (tertiary/aromatic N) is 3. The topological polar surface area (TPSA) is 87.2 Å². The Hall–Kier alpha value is -2.97. The molecule has 1 fully saturated rings. The second-order valence-electron chi connectivity index (χ2n) is 6.56. The summed E-state index contributed by atoms with van der Waals surface area (Å²) in [7, 11) is 0. The summed E-state index contributed by atoms with van der Waals surface area (Å²) < 4.78 is 0. The third-order valence-corrected chi connectivity index (χ3v) is 5.80. The molecule has 0 bridgehead atoms. The Morgan fingerprint density at radius 2 is 1.83 bits per heavy atom. The second-order valence-corrected chi connectivity index (χ2v) is 8.00. The zero-order chi connectivity index (χ0) is 20.2. The van der Waals surface area contributed by atoms with Crippen molar-refractivity contribution in [2.24, 2.45) is 0 Å². The molecule has 3 amide bonds. The first-order valence-corrected chi connectivity index (χ1v) is 10.3. The lowest BCUT2D eigenvalue weighted by Crippen LogP contribution is -2.34. The van der Waals surface area contributed by atoms with Crippen LogP contribution in [0.15, 0.2) is 54.6 Å². The molecule has 0 saturated carbocycles. The summed E-state index contributed by atoms with van der Waals surface area (Å²) >= 11 is 7.15. The number of anilines is 2. The summed E-state index contributed by atoms with van der Waals surface area (Å²) in [6.07, 6.45) is 1.66. The predicted molar refractivity (Wildman–Crippen MR) is 113 cm³/mol. The van der Waals surface area contributed by atoms with Crippen LogP contribution in [0.3, 0.4) is 0 Å². The standard InChI is InChI=1S/C20H18ClN5O2S/c21-13-6-4-9-15(12-13)22-17(27)19-25-24-18(29-19)16-10-5-11-26(16)20(28)23-14-7-2-1-3-8-14/h1-4,6-9,12,16H,5,10-11H2,(H,22,27)(H,23,28)/t16-/m1/s1. The van der Waals surface area contributed by atoms with Gasteiger partial charge >= 0.3 is 6.03 Å². The van der Waals surface area contributed by atoms with Gasteiger partial charge in [0.2, 0.25) is 5.01 Å². The molecule has 148 valence electrons. The fourth-order valence-corrected chi connectivity index (χ4v) is 4.27. The summed E-state index contributed by atoms with van der Waals surface area (Å²) in [4.78, 5) is 26.9. The van der Waals surface area contributed by atoms with Gasteiger partial charge in [-0.25, -0.2) is 4.79 Å². The summed E-state index contributed by atoms with van der Waals surface area (Å²) in [6, 6.07) is 15.8. The van der Waals surface area contributed by atoms with Crippen LogP contribution < -0.4 is 10.6 Å². The Balaban J connectivity index is 1.45. The molecule has 0 radical (unpaired) electrons. The number of urea groups is 1. The van der Waals surface area contributed by atoms with Crippen LogP contribution in [0.1, 0.15) is 33.7 Å². The molecule has 1 aromatic heterocycles. The van der Waals surface area contributed by atoms with Gasteiger partial charge in [0.25, 0.3) is 5.91 Å². The van der Waals surface area contributed by atoms with Gasteiger partial charge in [-0.1, -0.05) is 47.2 Å². The van der Waals surface area contributed by atoms with E-state index in [-0.39, 0.29) is 23.0 Å². The minimum atomic E-state index is -0.352. The Labute approximate surface area is 176 Å². The van der Waals surface area contributed by atoms with Crippen molar-refractivity contribution in [2.75, 3.05) is 17.2 Å². The van der Waals surface area contributed by atoms with Gasteiger partial charge in [0.05, 0.1) is 6.04 Å². The van der Waals surface area contributed by atoms with Gasteiger partial charge in [-0.3, -0.25) is 4.79 Å². The highest BCUT2D eigenvalue weighted by molar-refractivity contribution is 7.13. The number of carbonyl (C=O) groups is 2. The van der Waals surface area contributed by atoms with Gasteiger partial charge in [0.15, 0.2) is 0 Å². The number of aromatic nitrogens is 2. The molecule has 0 aliphatic carbocycles. The average Bonchev–Trinajstić information content (AvgIpc) is 3.38. The lowest BCUT2D eigenvalue weighted by molar-refractivity contribution is 0.102. The zero-order valence-electron chi connectivity index (χ0n) is 15.3. The SMILES string of the molecule is O=C(Nc1cccc(Cl)c1)c1nnc([C@H]2CCCN2C(=O)Nc2ccccc2)s1. The van der Waals surface area contributed by atoms with E-state index in [9.17, 15) is 9.59 Å². The van der Waals surface area contributed by atoms with Crippen molar-refractivity contribution in [1.29, 1.82) is 0 Å².